The quantitative estimate of drug-likeness (QED) is 0.746. The highest BCUT2D eigenvalue weighted by atomic mass is 32.2. The van der Waals surface area contributed by atoms with E-state index in [1.54, 1.807) is 6.20 Å². The van der Waals surface area contributed by atoms with Crippen molar-refractivity contribution in [3.05, 3.63) is 54.2 Å². The predicted molar refractivity (Wildman–Crippen MR) is 80.1 cm³/mol. The van der Waals surface area contributed by atoms with Crippen LogP contribution in [-0.4, -0.2) is 21.0 Å². The highest BCUT2D eigenvalue weighted by Gasteiger charge is 2.22. The monoisotopic (exact) mass is 302 g/mol. The fourth-order valence-corrected chi connectivity index (χ4v) is 3.90. The van der Waals surface area contributed by atoms with Crippen molar-refractivity contribution in [2.45, 2.75) is 9.59 Å². The van der Waals surface area contributed by atoms with E-state index in [0.29, 0.717) is 0 Å². The molecule has 2 aromatic heterocycles. The van der Waals surface area contributed by atoms with E-state index in [0.717, 1.165) is 20.3 Å². The number of nitrogens with zero attached hydrogens (tertiary/aromatic N) is 2. The summed E-state index contributed by atoms with van der Waals surface area (Å²) in [6.07, 6.45) is 1.71. The van der Waals surface area contributed by atoms with E-state index in [1.165, 1.54) is 23.1 Å². The lowest BCUT2D eigenvalue weighted by atomic mass is 10.1. The van der Waals surface area contributed by atoms with Gasteiger partial charge in [0.15, 0.2) is 4.34 Å². The Bertz CT molecular complexity index is 710. The molecule has 0 saturated heterocycles. The third-order valence-electron chi connectivity index (χ3n) is 2.69. The van der Waals surface area contributed by atoms with Gasteiger partial charge in [0.2, 0.25) is 0 Å². The Morgan fingerprint density at radius 2 is 2.00 bits per heavy atom. The molecule has 1 N–H and O–H groups in total. The minimum atomic E-state index is -0.867. The SMILES string of the molecule is O=C(O)C(Sc1nc2cccnc2s1)c1ccccc1. The largest absolute Gasteiger partial charge is 0.480 e. The summed E-state index contributed by atoms with van der Waals surface area (Å²) in [6, 6.07) is 12.9. The van der Waals surface area contributed by atoms with Gasteiger partial charge in [0.1, 0.15) is 15.6 Å². The van der Waals surface area contributed by atoms with Gasteiger partial charge < -0.3 is 5.11 Å². The zero-order valence-corrected chi connectivity index (χ0v) is 11.9. The van der Waals surface area contributed by atoms with E-state index in [4.69, 9.17) is 0 Å². The van der Waals surface area contributed by atoms with Gasteiger partial charge in [-0.1, -0.05) is 53.4 Å². The van der Waals surface area contributed by atoms with Gasteiger partial charge in [-0.05, 0) is 17.7 Å². The lowest BCUT2D eigenvalue weighted by molar-refractivity contribution is -0.136. The first-order chi connectivity index (χ1) is 9.74. The van der Waals surface area contributed by atoms with Crippen LogP contribution in [0.25, 0.3) is 10.3 Å². The van der Waals surface area contributed by atoms with Gasteiger partial charge in [-0.2, -0.15) is 0 Å². The van der Waals surface area contributed by atoms with Gasteiger partial charge >= 0.3 is 5.97 Å². The van der Waals surface area contributed by atoms with Crippen LogP contribution in [0.4, 0.5) is 0 Å². The molecule has 0 saturated carbocycles. The number of carbonyl (C=O) groups is 1. The average molecular weight is 302 g/mol. The number of thiazole rings is 1. The second-order valence-corrected chi connectivity index (χ2v) is 6.38. The first-order valence-electron chi connectivity index (χ1n) is 5.90. The van der Waals surface area contributed by atoms with Crippen molar-refractivity contribution in [3.63, 3.8) is 0 Å². The molecule has 0 aliphatic heterocycles. The first kappa shape index (κ1) is 13.1. The summed E-state index contributed by atoms with van der Waals surface area (Å²) < 4.78 is 0.718. The zero-order valence-electron chi connectivity index (χ0n) is 10.3. The Hall–Kier alpha value is -1.92. The smallest absolute Gasteiger partial charge is 0.321 e. The maximum Gasteiger partial charge on any atom is 0.321 e. The topological polar surface area (TPSA) is 63.1 Å². The van der Waals surface area contributed by atoms with Gasteiger partial charge in [0.25, 0.3) is 0 Å². The zero-order chi connectivity index (χ0) is 13.9. The molecule has 1 aromatic carbocycles. The van der Waals surface area contributed by atoms with Gasteiger partial charge in [-0.25, -0.2) is 9.97 Å². The molecule has 0 radical (unpaired) electrons. The summed E-state index contributed by atoms with van der Waals surface area (Å²) in [5, 5.41) is 8.75. The van der Waals surface area contributed by atoms with Crippen LogP contribution in [0.2, 0.25) is 0 Å². The van der Waals surface area contributed by atoms with Gasteiger partial charge in [-0.15, -0.1) is 0 Å². The number of rotatable bonds is 4. The van der Waals surface area contributed by atoms with Crippen molar-refractivity contribution in [1.82, 2.24) is 9.97 Å². The number of aromatic nitrogens is 2. The molecule has 6 heteroatoms. The molecular weight excluding hydrogens is 292 g/mol. The van der Waals surface area contributed by atoms with Crippen LogP contribution in [-0.2, 0) is 4.79 Å². The van der Waals surface area contributed by atoms with E-state index < -0.39 is 11.2 Å². The predicted octanol–water partition coefficient (Wildman–Crippen LogP) is 3.61. The molecule has 0 fully saturated rings. The Morgan fingerprint density at radius 1 is 1.20 bits per heavy atom. The lowest BCUT2D eigenvalue weighted by Crippen LogP contribution is -2.07. The molecule has 0 aliphatic rings. The van der Waals surface area contributed by atoms with Gasteiger partial charge in [0.05, 0.1) is 0 Å². The van der Waals surface area contributed by atoms with E-state index >= 15 is 0 Å². The maximum atomic E-state index is 11.5. The summed E-state index contributed by atoms with van der Waals surface area (Å²) in [6.45, 7) is 0. The minimum Gasteiger partial charge on any atom is -0.480 e. The minimum absolute atomic E-state index is 0.656. The number of carboxylic acid groups (broad SMARTS) is 1. The lowest BCUT2D eigenvalue weighted by Gasteiger charge is -2.09. The molecule has 0 aliphatic carbocycles. The van der Waals surface area contributed by atoms with Gasteiger partial charge in [-0.3, -0.25) is 4.79 Å². The highest BCUT2D eigenvalue weighted by Crippen LogP contribution is 2.38. The van der Waals surface area contributed by atoms with Crippen LogP contribution in [0.1, 0.15) is 10.8 Å². The maximum absolute atomic E-state index is 11.5. The van der Waals surface area contributed by atoms with Crippen molar-refractivity contribution in [3.8, 4) is 0 Å². The fraction of sp³-hybridized carbons (Fsp3) is 0.0714. The molecule has 0 spiro atoms. The Labute approximate surface area is 123 Å². The summed E-state index contributed by atoms with van der Waals surface area (Å²) in [5.41, 5.74) is 1.56. The molecule has 0 amide bonds. The normalized spacial score (nSPS) is 12.4. The molecule has 3 aromatic rings. The summed E-state index contributed by atoms with van der Waals surface area (Å²) >= 11 is 2.66. The number of fused-ring (bicyclic) bond motifs is 1. The number of aliphatic carboxylic acids is 1. The number of benzene rings is 1. The number of pyridine rings is 1. The molecule has 100 valence electrons. The standard InChI is InChI=1S/C14H10N2O2S2/c17-13(18)11(9-5-2-1-3-6-9)19-14-16-10-7-4-8-15-12(10)20-14/h1-8,11H,(H,17,18). The summed E-state index contributed by atoms with van der Waals surface area (Å²) in [4.78, 5) is 20.9. The van der Waals surface area contributed by atoms with E-state index in [9.17, 15) is 9.90 Å². The van der Waals surface area contributed by atoms with Crippen molar-refractivity contribution < 1.29 is 9.90 Å². The molecule has 2 heterocycles. The molecule has 4 nitrogen and oxygen atoms in total. The van der Waals surface area contributed by atoms with Crippen LogP contribution < -0.4 is 0 Å². The van der Waals surface area contributed by atoms with Crippen molar-refractivity contribution in [2.75, 3.05) is 0 Å². The fourth-order valence-electron chi connectivity index (χ4n) is 1.79. The van der Waals surface area contributed by atoms with E-state index in [2.05, 4.69) is 9.97 Å². The van der Waals surface area contributed by atoms with Crippen LogP contribution in [0.5, 0.6) is 0 Å². The Morgan fingerprint density at radius 3 is 2.70 bits per heavy atom. The van der Waals surface area contributed by atoms with Crippen LogP contribution in [0, 0.1) is 0 Å². The Balaban J connectivity index is 1.92. The van der Waals surface area contributed by atoms with E-state index in [1.807, 2.05) is 42.5 Å². The number of carboxylic acids is 1. The summed E-state index contributed by atoms with van der Waals surface area (Å²) in [7, 11) is 0. The highest BCUT2D eigenvalue weighted by molar-refractivity contribution is 8.02. The number of hydrogen-bond donors (Lipinski definition) is 1. The Kier molecular flexibility index (Phi) is 3.66. The molecule has 1 atom stereocenters. The molecule has 3 rings (SSSR count). The number of thioether (sulfide) groups is 1. The third kappa shape index (κ3) is 2.66. The third-order valence-corrected chi connectivity index (χ3v) is 5.01. The van der Waals surface area contributed by atoms with E-state index in [-0.39, 0.29) is 0 Å². The average Bonchev–Trinajstić information content (AvgIpc) is 2.88. The molecular formula is C14H10N2O2S2. The second kappa shape index (κ2) is 5.60. The number of hydrogen-bond acceptors (Lipinski definition) is 5. The van der Waals surface area contributed by atoms with Crippen molar-refractivity contribution in [2.24, 2.45) is 0 Å². The molecule has 1 unspecified atom stereocenters. The van der Waals surface area contributed by atoms with Crippen molar-refractivity contribution >= 4 is 39.4 Å². The van der Waals surface area contributed by atoms with Crippen LogP contribution in [0.15, 0.2) is 53.0 Å². The summed E-state index contributed by atoms with van der Waals surface area (Å²) in [5.74, 6) is -0.867. The molecule has 0 bridgehead atoms. The van der Waals surface area contributed by atoms with Crippen molar-refractivity contribution in [1.29, 1.82) is 0 Å². The van der Waals surface area contributed by atoms with Gasteiger partial charge in [0, 0.05) is 6.20 Å². The first-order valence-corrected chi connectivity index (χ1v) is 7.59. The second-order valence-electron chi connectivity index (χ2n) is 4.05. The van der Waals surface area contributed by atoms with Crippen LogP contribution >= 0.6 is 23.1 Å². The molecule has 20 heavy (non-hydrogen) atoms. The van der Waals surface area contributed by atoms with Crippen LogP contribution in [0.3, 0.4) is 0 Å².